The van der Waals surface area contributed by atoms with Crippen LogP contribution in [-0.4, -0.2) is 162 Å². The van der Waals surface area contributed by atoms with Crippen LogP contribution in [-0.2, 0) is 43.4 Å². The van der Waals surface area contributed by atoms with Crippen molar-refractivity contribution in [2.75, 3.05) is 69.7 Å². The molecule has 0 aromatic heterocycles. The van der Waals surface area contributed by atoms with E-state index in [1.54, 1.807) is 7.11 Å². The Kier molecular flexibility index (Phi) is 23.1. The first-order valence-corrected chi connectivity index (χ1v) is 28.9. The van der Waals surface area contributed by atoms with Gasteiger partial charge in [0.15, 0.2) is 0 Å². The van der Waals surface area contributed by atoms with E-state index >= 15 is 0 Å². The SMILES string of the molecule is COc1ccc(CN(CCCC(=O)OC(C)(C)C)c2cc(C)cc(CN3CCCC34CCN(C(=O)OC(C(F)(F)F)C(F)(F)F)CC4)c2)cc1.Cc1cc(CN2CCCC23CCN(C(=O)OC(C(F)(F)F)C(F)(F)F)CC3)cc(NCCCC(=O)O)c1. The predicted octanol–water partition coefficient (Wildman–Crippen LogP) is 13.5. The number of esters is 1. The normalized spacial score (nSPS) is 17.6. The van der Waals surface area contributed by atoms with E-state index in [2.05, 4.69) is 47.7 Å². The van der Waals surface area contributed by atoms with Gasteiger partial charge in [0, 0.05) is 94.2 Å². The number of methoxy groups -OCH3 is 1. The van der Waals surface area contributed by atoms with Crippen LogP contribution in [0.1, 0.15) is 126 Å². The molecule has 4 aliphatic heterocycles. The minimum Gasteiger partial charge on any atom is -0.497 e. The second-order valence-electron chi connectivity index (χ2n) is 23.9. The zero-order chi connectivity index (χ0) is 64.3. The number of likely N-dealkylation sites (tertiary alicyclic amines) is 4. The Morgan fingerprint density at radius 3 is 1.49 bits per heavy atom. The molecule has 7 rings (SSSR count). The van der Waals surface area contributed by atoms with Crippen molar-refractivity contribution < 1.29 is 95.9 Å². The van der Waals surface area contributed by atoms with Gasteiger partial charge in [-0.3, -0.25) is 19.4 Å². The number of alkyl halides is 12. The van der Waals surface area contributed by atoms with E-state index in [0.29, 0.717) is 71.2 Å². The number of amides is 2. The van der Waals surface area contributed by atoms with Gasteiger partial charge >= 0.3 is 48.8 Å². The summed E-state index contributed by atoms with van der Waals surface area (Å²) in [4.78, 5) is 56.4. The summed E-state index contributed by atoms with van der Waals surface area (Å²) in [7, 11) is 1.61. The Hall–Kier alpha value is -6.38. The second-order valence-corrected chi connectivity index (χ2v) is 23.9. The summed E-state index contributed by atoms with van der Waals surface area (Å²) in [5.74, 6) is -0.367. The fourth-order valence-electron chi connectivity index (χ4n) is 12.0. The van der Waals surface area contributed by atoms with Crippen molar-refractivity contribution in [1.29, 1.82) is 0 Å². The van der Waals surface area contributed by atoms with Crippen LogP contribution in [0.4, 0.5) is 73.6 Å². The Labute approximate surface area is 498 Å². The van der Waals surface area contributed by atoms with Crippen LogP contribution in [0.15, 0.2) is 60.7 Å². The number of aliphatic carboxylic acids is 1. The molecule has 4 fully saturated rings. The summed E-state index contributed by atoms with van der Waals surface area (Å²) in [6.45, 7) is 13.9. The molecule has 4 heterocycles. The van der Waals surface area contributed by atoms with Crippen molar-refractivity contribution >= 4 is 35.5 Å². The smallest absolute Gasteiger partial charge is 0.434 e. The lowest BCUT2D eigenvalue weighted by Gasteiger charge is -2.45. The summed E-state index contributed by atoms with van der Waals surface area (Å²) in [5.41, 5.74) is 5.84. The van der Waals surface area contributed by atoms with E-state index in [1.165, 1.54) is 0 Å². The van der Waals surface area contributed by atoms with E-state index in [4.69, 9.17) is 14.6 Å². The highest BCUT2D eigenvalue weighted by molar-refractivity contribution is 5.70. The quantitative estimate of drug-likeness (QED) is 0.0507. The van der Waals surface area contributed by atoms with E-state index in [1.807, 2.05) is 77.1 Å². The molecule has 0 saturated carbocycles. The van der Waals surface area contributed by atoms with E-state index in [0.717, 1.165) is 93.5 Å². The van der Waals surface area contributed by atoms with Crippen molar-refractivity contribution in [3.05, 3.63) is 88.5 Å². The van der Waals surface area contributed by atoms with Crippen LogP contribution in [0.2, 0.25) is 0 Å². The number of nitrogens with zero attached hydrogens (tertiary/aromatic N) is 5. The number of carbonyl (C=O) groups is 4. The van der Waals surface area contributed by atoms with Crippen LogP contribution in [0.25, 0.3) is 0 Å². The molecule has 3 aromatic rings. The van der Waals surface area contributed by atoms with Crippen LogP contribution in [0.3, 0.4) is 0 Å². The van der Waals surface area contributed by atoms with Gasteiger partial charge in [0.1, 0.15) is 11.4 Å². The Bertz CT molecular complexity index is 2750. The molecule has 15 nitrogen and oxygen atoms in total. The van der Waals surface area contributed by atoms with E-state index in [-0.39, 0.29) is 56.1 Å². The highest BCUT2D eigenvalue weighted by Crippen LogP contribution is 2.43. The zero-order valence-electron chi connectivity index (χ0n) is 49.7. The lowest BCUT2D eigenvalue weighted by atomic mass is 9.85. The summed E-state index contributed by atoms with van der Waals surface area (Å²) in [5, 5.41) is 12.0. The number of piperidine rings is 2. The minimum atomic E-state index is -5.76. The number of hydrogen-bond acceptors (Lipinski definition) is 12. The van der Waals surface area contributed by atoms with Crippen molar-refractivity contribution in [2.45, 2.75) is 185 Å². The number of hydrogen-bond donors (Lipinski definition) is 2. The number of benzene rings is 3. The average Bonchev–Trinajstić information content (AvgIpc) is 2.09. The fraction of sp³-hybridized carbons (Fsp3) is 0.633. The third kappa shape index (κ3) is 20.3. The first kappa shape index (κ1) is 69.7. The third-order valence-corrected chi connectivity index (χ3v) is 16.0. The maximum atomic E-state index is 13.0. The van der Waals surface area contributed by atoms with E-state index in [9.17, 15) is 71.9 Å². The molecule has 0 unspecified atom stereocenters. The van der Waals surface area contributed by atoms with Crippen molar-refractivity contribution in [3.63, 3.8) is 0 Å². The van der Waals surface area contributed by atoms with Crippen molar-refractivity contribution in [1.82, 2.24) is 19.6 Å². The molecule has 2 amide bonds. The molecular weight excluding hydrogens is 1180 g/mol. The molecule has 0 bridgehead atoms. The second kappa shape index (κ2) is 28.8. The van der Waals surface area contributed by atoms with Gasteiger partial charge in [0.2, 0.25) is 0 Å². The summed E-state index contributed by atoms with van der Waals surface area (Å²) >= 11 is 0. The number of nitrogens with one attached hydrogen (secondary N) is 1. The Morgan fingerprint density at radius 1 is 0.598 bits per heavy atom. The zero-order valence-corrected chi connectivity index (χ0v) is 49.7. The maximum Gasteiger partial charge on any atom is 0.434 e. The molecule has 4 saturated heterocycles. The van der Waals surface area contributed by atoms with Gasteiger partial charge < -0.3 is 44.1 Å². The number of aryl methyl sites for hydroxylation is 2. The Balaban J connectivity index is 0.000000291. The summed E-state index contributed by atoms with van der Waals surface area (Å²) < 4.78 is 173. The summed E-state index contributed by atoms with van der Waals surface area (Å²) in [6, 6.07) is 20.1. The molecule has 2 N–H and O–H groups in total. The third-order valence-electron chi connectivity index (χ3n) is 16.0. The van der Waals surface area contributed by atoms with Gasteiger partial charge in [-0.2, -0.15) is 52.7 Å². The van der Waals surface area contributed by atoms with Crippen LogP contribution < -0.4 is 15.0 Å². The number of carbonyl (C=O) groups excluding carboxylic acids is 3. The van der Waals surface area contributed by atoms with Gasteiger partial charge in [-0.15, -0.1) is 0 Å². The van der Waals surface area contributed by atoms with Gasteiger partial charge in [0.25, 0.3) is 12.2 Å². The lowest BCUT2D eigenvalue weighted by Crippen LogP contribution is -2.54. The molecule has 0 atom stereocenters. The maximum absolute atomic E-state index is 13.0. The Morgan fingerprint density at radius 2 is 1.06 bits per heavy atom. The van der Waals surface area contributed by atoms with Crippen LogP contribution in [0, 0.1) is 13.8 Å². The van der Waals surface area contributed by atoms with Crippen molar-refractivity contribution in [2.24, 2.45) is 0 Å². The van der Waals surface area contributed by atoms with E-state index < -0.39 is 60.7 Å². The molecule has 0 aliphatic carbocycles. The van der Waals surface area contributed by atoms with Gasteiger partial charge in [-0.1, -0.05) is 24.3 Å². The first-order valence-electron chi connectivity index (χ1n) is 28.9. The molecular formula is C60H78F12N6O9. The highest BCUT2D eigenvalue weighted by Gasteiger charge is 2.62. The summed E-state index contributed by atoms with van der Waals surface area (Å²) in [6.07, 6.45) is -28.2. The fourth-order valence-corrected chi connectivity index (χ4v) is 12.0. The topological polar surface area (TPSA) is 154 Å². The van der Waals surface area contributed by atoms with Crippen LogP contribution in [0.5, 0.6) is 5.75 Å². The number of anilines is 2. The first-order chi connectivity index (χ1) is 40.5. The number of carboxylic acids is 1. The van der Waals surface area contributed by atoms with Gasteiger partial charge in [-0.25, -0.2) is 9.59 Å². The largest absolute Gasteiger partial charge is 0.497 e. The molecule has 486 valence electrons. The molecule has 2 spiro atoms. The number of carboxylic acid groups (broad SMARTS) is 1. The standard InChI is InChI=1S/C36H47F6N3O5.C24H31F6N3O4/c1-25-20-27(22-28(21-25)44(16-6-8-30(46)50-33(2,3)4)23-26-9-11-29(48-5)12-10-26)24-45-17-7-13-34(45)14-18-43(19-15-34)32(47)49-31(35(37,38)39)36(40,41)42;1-16-12-17(14-18(13-16)31-8-2-4-19(34)35)15-33-9-3-5-22(33)6-10-32(11-7-22)21(36)37-20(23(25,26)27)24(28,29)30/h9-12,20-22,31H,6-8,13-19,23-24H2,1-5H3;12-14,20,31H,2-11,15H2,1H3,(H,34,35). The monoisotopic (exact) mass is 1250 g/mol. The average molecular weight is 1260 g/mol. The van der Waals surface area contributed by atoms with Gasteiger partial charge in [-0.05, 0) is 176 Å². The number of ether oxygens (including phenoxy) is 4. The predicted molar refractivity (Wildman–Crippen MR) is 298 cm³/mol. The molecule has 4 aliphatic rings. The minimum absolute atomic E-state index is 0.00195. The number of rotatable bonds is 19. The molecule has 0 radical (unpaired) electrons. The number of halogens is 12. The molecule has 87 heavy (non-hydrogen) atoms. The molecule has 3 aromatic carbocycles. The molecule has 27 heteroatoms. The van der Waals surface area contributed by atoms with Crippen LogP contribution >= 0.6 is 0 Å². The van der Waals surface area contributed by atoms with Gasteiger partial charge in [0.05, 0.1) is 7.11 Å². The lowest BCUT2D eigenvalue weighted by molar-refractivity contribution is -0.309. The highest BCUT2D eigenvalue weighted by atomic mass is 19.4. The van der Waals surface area contributed by atoms with Crippen molar-refractivity contribution in [3.8, 4) is 5.75 Å².